The Kier molecular flexibility index (Phi) is 4.39. The van der Waals surface area contributed by atoms with Crippen molar-refractivity contribution in [1.82, 2.24) is 10.2 Å². The molecule has 0 aliphatic carbocycles. The van der Waals surface area contributed by atoms with Crippen molar-refractivity contribution in [2.45, 2.75) is 32.9 Å². The molecule has 0 spiro atoms. The molecule has 5 heteroatoms. The van der Waals surface area contributed by atoms with Crippen LogP contribution in [-0.2, 0) is 13.0 Å². The highest BCUT2D eigenvalue weighted by Crippen LogP contribution is 2.29. The average Bonchev–Trinajstić information content (AvgIpc) is 2.89. The minimum atomic E-state index is -0.285. The number of aliphatic hydroxyl groups excluding tert-OH is 1. The first-order valence-electron chi connectivity index (χ1n) is 7.89. The van der Waals surface area contributed by atoms with Gasteiger partial charge >= 0.3 is 6.03 Å². The molecule has 0 bridgehead atoms. The lowest BCUT2D eigenvalue weighted by Gasteiger charge is -2.36. The number of furan rings is 1. The zero-order valence-electron chi connectivity index (χ0n) is 13.5. The van der Waals surface area contributed by atoms with Crippen molar-refractivity contribution in [3.05, 3.63) is 58.5 Å². The number of nitrogens with zero attached hydrogens (tertiary/aromatic N) is 1. The SMILES string of the molecule is Cc1cc(CNC(=O)N2CCc3ccccc3[C@H]2CO)c(C)o1. The number of hydrogen-bond donors (Lipinski definition) is 2. The zero-order valence-corrected chi connectivity index (χ0v) is 13.5. The largest absolute Gasteiger partial charge is 0.466 e. The molecule has 23 heavy (non-hydrogen) atoms. The Morgan fingerprint density at radius 2 is 2.17 bits per heavy atom. The standard InChI is InChI=1S/C18H22N2O3/c1-12-9-15(13(2)23-12)10-19-18(22)20-8-7-14-5-3-4-6-16(14)17(20)11-21/h3-6,9,17,21H,7-8,10-11H2,1-2H3,(H,19,22)/t17-/m1/s1. The van der Waals surface area contributed by atoms with Gasteiger partial charge in [-0.3, -0.25) is 0 Å². The molecule has 5 nitrogen and oxygen atoms in total. The summed E-state index contributed by atoms with van der Waals surface area (Å²) >= 11 is 0. The predicted octanol–water partition coefficient (Wildman–Crippen LogP) is 2.70. The Balaban J connectivity index is 1.71. The minimum Gasteiger partial charge on any atom is -0.466 e. The lowest BCUT2D eigenvalue weighted by Crippen LogP contribution is -2.46. The first-order chi connectivity index (χ1) is 11.1. The normalized spacial score (nSPS) is 17.0. The predicted molar refractivity (Wildman–Crippen MR) is 87.1 cm³/mol. The van der Waals surface area contributed by atoms with Gasteiger partial charge in [0.15, 0.2) is 0 Å². The number of nitrogens with one attached hydrogen (secondary N) is 1. The third-order valence-corrected chi connectivity index (χ3v) is 4.42. The van der Waals surface area contributed by atoms with Crippen molar-refractivity contribution in [3.8, 4) is 0 Å². The number of carbonyl (C=O) groups excluding carboxylic acids is 1. The van der Waals surface area contributed by atoms with E-state index >= 15 is 0 Å². The van der Waals surface area contributed by atoms with Gasteiger partial charge < -0.3 is 19.7 Å². The van der Waals surface area contributed by atoms with Gasteiger partial charge in [0.1, 0.15) is 11.5 Å². The highest BCUT2D eigenvalue weighted by molar-refractivity contribution is 5.75. The maximum absolute atomic E-state index is 12.5. The molecule has 2 N–H and O–H groups in total. The highest BCUT2D eigenvalue weighted by Gasteiger charge is 2.30. The summed E-state index contributed by atoms with van der Waals surface area (Å²) < 4.78 is 5.48. The fourth-order valence-electron chi connectivity index (χ4n) is 3.22. The van der Waals surface area contributed by atoms with Crippen LogP contribution in [0.3, 0.4) is 0 Å². The van der Waals surface area contributed by atoms with E-state index in [1.165, 1.54) is 5.56 Å². The summed E-state index contributed by atoms with van der Waals surface area (Å²) in [6, 6.07) is 9.48. The number of fused-ring (bicyclic) bond motifs is 1. The van der Waals surface area contributed by atoms with Crippen LogP contribution in [0.25, 0.3) is 0 Å². The van der Waals surface area contributed by atoms with E-state index < -0.39 is 0 Å². The molecule has 1 aliphatic rings. The second kappa shape index (κ2) is 6.46. The molecule has 1 aliphatic heterocycles. The van der Waals surface area contributed by atoms with Gasteiger partial charge in [-0.25, -0.2) is 4.79 Å². The number of amides is 2. The number of hydrogen-bond acceptors (Lipinski definition) is 3. The first kappa shape index (κ1) is 15.6. The monoisotopic (exact) mass is 314 g/mol. The van der Waals surface area contributed by atoms with Crippen molar-refractivity contribution in [3.63, 3.8) is 0 Å². The first-order valence-corrected chi connectivity index (χ1v) is 7.89. The third-order valence-electron chi connectivity index (χ3n) is 4.42. The Bertz CT molecular complexity index is 708. The molecule has 2 aromatic rings. The van der Waals surface area contributed by atoms with E-state index in [-0.39, 0.29) is 18.7 Å². The van der Waals surface area contributed by atoms with Crippen molar-refractivity contribution >= 4 is 6.03 Å². The lowest BCUT2D eigenvalue weighted by molar-refractivity contribution is 0.126. The summed E-state index contributed by atoms with van der Waals surface area (Å²) in [5.41, 5.74) is 3.22. The Hall–Kier alpha value is -2.27. The lowest BCUT2D eigenvalue weighted by atomic mass is 9.93. The van der Waals surface area contributed by atoms with Gasteiger partial charge in [0.2, 0.25) is 0 Å². The Morgan fingerprint density at radius 1 is 1.39 bits per heavy atom. The summed E-state index contributed by atoms with van der Waals surface area (Å²) in [4.78, 5) is 14.3. The van der Waals surface area contributed by atoms with E-state index in [1.54, 1.807) is 4.90 Å². The van der Waals surface area contributed by atoms with E-state index in [0.717, 1.165) is 29.1 Å². The number of aliphatic hydroxyl groups is 1. The molecule has 2 heterocycles. The molecule has 0 fully saturated rings. The van der Waals surface area contributed by atoms with Crippen LogP contribution in [0.2, 0.25) is 0 Å². The van der Waals surface area contributed by atoms with Gasteiger partial charge in [-0.1, -0.05) is 24.3 Å². The molecule has 1 aromatic heterocycles. The van der Waals surface area contributed by atoms with Crippen LogP contribution >= 0.6 is 0 Å². The molecular formula is C18H22N2O3. The summed E-state index contributed by atoms with van der Waals surface area (Å²) in [5.74, 6) is 1.66. The van der Waals surface area contributed by atoms with Crippen LogP contribution < -0.4 is 5.32 Å². The van der Waals surface area contributed by atoms with Crippen molar-refractivity contribution in [2.75, 3.05) is 13.2 Å². The highest BCUT2D eigenvalue weighted by atomic mass is 16.3. The third kappa shape index (κ3) is 3.10. The second-order valence-electron chi connectivity index (χ2n) is 5.94. The van der Waals surface area contributed by atoms with Crippen molar-refractivity contribution in [1.29, 1.82) is 0 Å². The number of urea groups is 1. The number of carbonyl (C=O) groups is 1. The average molecular weight is 314 g/mol. The van der Waals surface area contributed by atoms with Crippen molar-refractivity contribution < 1.29 is 14.3 Å². The smallest absolute Gasteiger partial charge is 0.318 e. The maximum atomic E-state index is 12.5. The van der Waals surface area contributed by atoms with Gasteiger partial charge in [-0.2, -0.15) is 0 Å². The molecule has 3 rings (SSSR count). The van der Waals surface area contributed by atoms with E-state index in [9.17, 15) is 9.90 Å². The summed E-state index contributed by atoms with van der Waals surface area (Å²) in [6.45, 7) is 4.74. The molecule has 0 saturated heterocycles. The number of benzene rings is 1. The molecular weight excluding hydrogens is 292 g/mol. The fourth-order valence-corrected chi connectivity index (χ4v) is 3.22. The van der Waals surface area contributed by atoms with E-state index in [0.29, 0.717) is 13.1 Å². The zero-order chi connectivity index (χ0) is 16.4. The van der Waals surface area contributed by atoms with Crippen LogP contribution in [-0.4, -0.2) is 29.2 Å². The van der Waals surface area contributed by atoms with Crippen LogP contribution in [0.4, 0.5) is 4.79 Å². The van der Waals surface area contributed by atoms with Crippen LogP contribution in [0, 0.1) is 13.8 Å². The minimum absolute atomic E-state index is 0.0751. The Labute approximate surface area is 135 Å². The molecule has 1 atom stereocenters. The van der Waals surface area contributed by atoms with E-state index in [1.807, 2.05) is 38.1 Å². The van der Waals surface area contributed by atoms with E-state index in [4.69, 9.17) is 4.42 Å². The van der Waals surface area contributed by atoms with Crippen LogP contribution in [0.1, 0.15) is 34.3 Å². The molecule has 0 unspecified atom stereocenters. The fraction of sp³-hybridized carbons (Fsp3) is 0.389. The number of rotatable bonds is 3. The van der Waals surface area contributed by atoms with Gasteiger partial charge in [-0.05, 0) is 37.5 Å². The van der Waals surface area contributed by atoms with Gasteiger partial charge in [-0.15, -0.1) is 0 Å². The van der Waals surface area contributed by atoms with Gasteiger partial charge in [0.25, 0.3) is 0 Å². The maximum Gasteiger partial charge on any atom is 0.318 e. The quantitative estimate of drug-likeness (QED) is 0.915. The molecule has 2 amide bonds. The van der Waals surface area contributed by atoms with Gasteiger partial charge in [0, 0.05) is 18.7 Å². The van der Waals surface area contributed by atoms with Crippen molar-refractivity contribution in [2.24, 2.45) is 0 Å². The molecule has 1 aromatic carbocycles. The Morgan fingerprint density at radius 3 is 2.87 bits per heavy atom. The molecule has 0 radical (unpaired) electrons. The molecule has 0 saturated carbocycles. The van der Waals surface area contributed by atoms with Crippen LogP contribution in [0.5, 0.6) is 0 Å². The second-order valence-corrected chi connectivity index (χ2v) is 5.94. The summed E-state index contributed by atoms with van der Waals surface area (Å²) in [5, 5.41) is 12.7. The summed E-state index contributed by atoms with van der Waals surface area (Å²) in [7, 11) is 0. The number of aryl methyl sites for hydroxylation is 2. The topological polar surface area (TPSA) is 65.7 Å². The summed E-state index contributed by atoms with van der Waals surface area (Å²) in [6.07, 6.45) is 0.809. The van der Waals surface area contributed by atoms with Crippen LogP contribution in [0.15, 0.2) is 34.7 Å². The molecule has 122 valence electrons. The van der Waals surface area contributed by atoms with Gasteiger partial charge in [0.05, 0.1) is 12.6 Å². The van der Waals surface area contributed by atoms with E-state index in [2.05, 4.69) is 11.4 Å².